The highest BCUT2D eigenvalue weighted by Gasteiger charge is 2.32. The predicted molar refractivity (Wildman–Crippen MR) is 65.2 cm³/mol. The van der Waals surface area contributed by atoms with Gasteiger partial charge in [-0.25, -0.2) is 4.79 Å². The number of carbonyl (C=O) groups excluding carboxylic acids is 1. The third-order valence-corrected chi connectivity index (χ3v) is 2.89. The van der Waals surface area contributed by atoms with Gasteiger partial charge in [0.2, 0.25) is 0 Å². The van der Waals surface area contributed by atoms with Crippen molar-refractivity contribution in [3.05, 3.63) is 23.3 Å². The molecule has 0 radical (unpaired) electrons. The average molecular weight is 226 g/mol. The number of allylic oxidation sites excluding steroid dienone is 1. The second kappa shape index (κ2) is 5.40. The third-order valence-electron chi connectivity index (χ3n) is 2.89. The highest BCUT2D eigenvalue weighted by atomic mass is 32.1. The Morgan fingerprint density at radius 1 is 1.53 bits per heavy atom. The number of ether oxygens (including phenoxy) is 1. The Kier molecular flexibility index (Phi) is 4.45. The van der Waals surface area contributed by atoms with Crippen LogP contribution in [-0.2, 0) is 9.53 Å². The highest BCUT2D eigenvalue weighted by Crippen LogP contribution is 2.33. The molecule has 0 amide bonds. The lowest BCUT2D eigenvalue weighted by atomic mass is 9.93. The molecule has 3 heteroatoms. The van der Waals surface area contributed by atoms with Gasteiger partial charge in [0.1, 0.15) is 6.10 Å². The Balaban J connectivity index is 0.00000112. The van der Waals surface area contributed by atoms with Crippen molar-refractivity contribution in [2.45, 2.75) is 45.1 Å². The molecule has 1 heterocycles. The van der Waals surface area contributed by atoms with Gasteiger partial charge < -0.3 is 4.74 Å². The molecule has 2 rings (SSSR count). The molecule has 0 unspecified atom stereocenters. The van der Waals surface area contributed by atoms with E-state index in [4.69, 9.17) is 4.74 Å². The van der Waals surface area contributed by atoms with Crippen LogP contribution in [0.15, 0.2) is 23.3 Å². The summed E-state index contributed by atoms with van der Waals surface area (Å²) in [6.45, 7) is 2.16. The molecule has 15 heavy (non-hydrogen) atoms. The van der Waals surface area contributed by atoms with Gasteiger partial charge >= 0.3 is 5.97 Å². The summed E-state index contributed by atoms with van der Waals surface area (Å²) < 4.78 is 5.35. The van der Waals surface area contributed by atoms with Crippen molar-refractivity contribution >= 4 is 19.5 Å². The summed E-state index contributed by atoms with van der Waals surface area (Å²) in [4.78, 5) is 11.5. The number of carbonyl (C=O) groups is 1. The van der Waals surface area contributed by atoms with Crippen LogP contribution >= 0.6 is 13.5 Å². The SMILES string of the molecule is CCCC[C@@H]1OC(=O)C2=C1CCC=C2.S. The molecule has 0 saturated carbocycles. The molecule has 1 aliphatic carbocycles. The molecule has 1 atom stereocenters. The zero-order chi connectivity index (χ0) is 9.97. The first-order valence-corrected chi connectivity index (χ1v) is 5.43. The first-order chi connectivity index (χ1) is 6.83. The van der Waals surface area contributed by atoms with Crippen LogP contribution < -0.4 is 0 Å². The van der Waals surface area contributed by atoms with Gasteiger partial charge in [-0.1, -0.05) is 25.5 Å². The fraction of sp³-hybridized carbons (Fsp3) is 0.583. The summed E-state index contributed by atoms with van der Waals surface area (Å²) in [5, 5.41) is 0. The summed E-state index contributed by atoms with van der Waals surface area (Å²) in [5.74, 6) is -0.114. The summed E-state index contributed by atoms with van der Waals surface area (Å²) >= 11 is 0. The van der Waals surface area contributed by atoms with E-state index in [1.807, 2.05) is 6.08 Å². The lowest BCUT2D eigenvalue weighted by molar-refractivity contribution is -0.139. The molecule has 84 valence electrons. The Morgan fingerprint density at radius 3 is 3.07 bits per heavy atom. The molecule has 0 aromatic rings. The van der Waals surface area contributed by atoms with Crippen LogP contribution in [0.4, 0.5) is 0 Å². The number of hydrogen-bond acceptors (Lipinski definition) is 2. The number of cyclic esters (lactones) is 1. The smallest absolute Gasteiger partial charge is 0.338 e. The van der Waals surface area contributed by atoms with Crippen LogP contribution in [0.2, 0.25) is 0 Å². The van der Waals surface area contributed by atoms with E-state index >= 15 is 0 Å². The first-order valence-electron chi connectivity index (χ1n) is 5.43. The van der Waals surface area contributed by atoms with Gasteiger partial charge in [0.05, 0.1) is 5.57 Å². The van der Waals surface area contributed by atoms with Gasteiger partial charge in [-0.3, -0.25) is 0 Å². The van der Waals surface area contributed by atoms with E-state index in [9.17, 15) is 4.79 Å². The molecule has 2 aliphatic rings. The van der Waals surface area contributed by atoms with E-state index in [2.05, 4.69) is 13.0 Å². The third kappa shape index (κ3) is 2.46. The van der Waals surface area contributed by atoms with Crippen molar-refractivity contribution in [2.24, 2.45) is 0 Å². The topological polar surface area (TPSA) is 26.3 Å². The van der Waals surface area contributed by atoms with Crippen molar-refractivity contribution in [1.82, 2.24) is 0 Å². The fourth-order valence-corrected chi connectivity index (χ4v) is 2.10. The van der Waals surface area contributed by atoms with Crippen molar-refractivity contribution in [2.75, 3.05) is 0 Å². The molecular weight excluding hydrogens is 208 g/mol. The maximum absolute atomic E-state index is 11.5. The first kappa shape index (κ1) is 12.4. The molecule has 0 spiro atoms. The van der Waals surface area contributed by atoms with Crippen LogP contribution in [-0.4, -0.2) is 12.1 Å². The summed E-state index contributed by atoms with van der Waals surface area (Å²) in [5.41, 5.74) is 2.07. The molecular formula is C12H18O2S. The number of hydrogen-bond donors (Lipinski definition) is 0. The number of rotatable bonds is 3. The van der Waals surface area contributed by atoms with Gasteiger partial charge in [0.15, 0.2) is 0 Å². The van der Waals surface area contributed by atoms with E-state index in [0.717, 1.165) is 37.7 Å². The molecule has 0 bridgehead atoms. The van der Waals surface area contributed by atoms with Gasteiger partial charge in [0.25, 0.3) is 0 Å². The Hall–Kier alpha value is -0.700. The van der Waals surface area contributed by atoms with Gasteiger partial charge in [-0.15, -0.1) is 0 Å². The minimum atomic E-state index is -0.114. The summed E-state index contributed by atoms with van der Waals surface area (Å²) in [6.07, 6.45) is 9.42. The van der Waals surface area contributed by atoms with E-state index in [-0.39, 0.29) is 25.6 Å². The second-order valence-corrected chi connectivity index (χ2v) is 3.92. The largest absolute Gasteiger partial charge is 0.454 e. The van der Waals surface area contributed by atoms with Crippen LogP contribution in [0.3, 0.4) is 0 Å². The lowest BCUT2D eigenvalue weighted by Gasteiger charge is -2.13. The van der Waals surface area contributed by atoms with Crippen molar-refractivity contribution in [3.8, 4) is 0 Å². The molecule has 0 saturated heterocycles. The molecule has 0 aromatic heterocycles. The van der Waals surface area contributed by atoms with Crippen LogP contribution in [0.5, 0.6) is 0 Å². The Morgan fingerprint density at radius 2 is 2.33 bits per heavy atom. The van der Waals surface area contributed by atoms with Gasteiger partial charge in [0, 0.05) is 0 Å². The average Bonchev–Trinajstić information content (AvgIpc) is 2.54. The van der Waals surface area contributed by atoms with Crippen molar-refractivity contribution < 1.29 is 9.53 Å². The monoisotopic (exact) mass is 226 g/mol. The fourth-order valence-electron chi connectivity index (χ4n) is 2.10. The van der Waals surface area contributed by atoms with Gasteiger partial charge in [-0.2, -0.15) is 13.5 Å². The standard InChI is InChI=1S/C12H16O2.H2S/c1-2-3-8-11-9-6-4-5-7-10(9)12(13)14-11;/h5,7,11H,2-4,6,8H2,1H3;1H2/t11-;/m0./s1. The Bertz CT molecular complexity index is 305. The number of esters is 1. The lowest BCUT2D eigenvalue weighted by Crippen LogP contribution is -2.11. The molecule has 0 fully saturated rings. The zero-order valence-electron chi connectivity index (χ0n) is 9.08. The van der Waals surface area contributed by atoms with E-state index in [1.54, 1.807) is 0 Å². The molecule has 0 aromatic carbocycles. The van der Waals surface area contributed by atoms with E-state index < -0.39 is 0 Å². The minimum Gasteiger partial charge on any atom is -0.454 e. The maximum Gasteiger partial charge on any atom is 0.338 e. The molecule has 2 nitrogen and oxygen atoms in total. The highest BCUT2D eigenvalue weighted by molar-refractivity contribution is 7.59. The second-order valence-electron chi connectivity index (χ2n) is 3.92. The zero-order valence-corrected chi connectivity index (χ0v) is 10.1. The summed E-state index contributed by atoms with van der Waals surface area (Å²) in [7, 11) is 0. The molecule has 0 N–H and O–H groups in total. The normalized spacial score (nSPS) is 23.5. The van der Waals surface area contributed by atoms with Crippen molar-refractivity contribution in [3.63, 3.8) is 0 Å². The quantitative estimate of drug-likeness (QED) is 0.692. The van der Waals surface area contributed by atoms with Gasteiger partial charge in [-0.05, 0) is 31.3 Å². The molecule has 1 aliphatic heterocycles. The van der Waals surface area contributed by atoms with E-state index in [0.29, 0.717) is 0 Å². The van der Waals surface area contributed by atoms with Crippen LogP contribution in [0.25, 0.3) is 0 Å². The maximum atomic E-state index is 11.5. The summed E-state index contributed by atoms with van der Waals surface area (Å²) in [6, 6.07) is 0. The van der Waals surface area contributed by atoms with Crippen LogP contribution in [0, 0.1) is 0 Å². The predicted octanol–water partition coefficient (Wildman–Crippen LogP) is 2.86. The van der Waals surface area contributed by atoms with Crippen LogP contribution in [0.1, 0.15) is 39.0 Å². The minimum absolute atomic E-state index is 0. The number of unbranched alkanes of at least 4 members (excludes halogenated alkanes) is 1. The van der Waals surface area contributed by atoms with E-state index in [1.165, 1.54) is 5.57 Å². The Labute approximate surface area is 97.8 Å². The van der Waals surface area contributed by atoms with Crippen molar-refractivity contribution in [1.29, 1.82) is 0 Å².